The zero-order chi connectivity index (χ0) is 10.7. The molecule has 0 aromatic carbocycles. The second-order valence-corrected chi connectivity index (χ2v) is 3.93. The van der Waals surface area contributed by atoms with Gasteiger partial charge in [0, 0.05) is 12.1 Å². The van der Waals surface area contributed by atoms with Crippen molar-refractivity contribution in [2.75, 3.05) is 6.54 Å². The minimum atomic E-state index is -1.08. The molecule has 0 saturated carbocycles. The van der Waals surface area contributed by atoms with E-state index in [2.05, 4.69) is 0 Å². The molecule has 0 aliphatic carbocycles. The average Bonchev–Trinajstić information content (AvgIpc) is 2.63. The first-order valence-corrected chi connectivity index (χ1v) is 5.10. The quantitative estimate of drug-likeness (QED) is 0.631. The largest absolute Gasteiger partial charge is 0.389 e. The number of carbonyl (C=O) groups excluding carboxylic acids is 1. The lowest BCUT2D eigenvalue weighted by Crippen LogP contribution is -2.27. The van der Waals surface area contributed by atoms with E-state index in [1.165, 1.54) is 18.3 Å². The van der Waals surface area contributed by atoms with Gasteiger partial charge in [-0.25, -0.2) is 0 Å². The van der Waals surface area contributed by atoms with E-state index in [-0.39, 0.29) is 12.3 Å². The maximum Gasteiger partial charge on any atom is 0.170 e. The summed E-state index contributed by atoms with van der Waals surface area (Å²) in [7, 11) is 0. The van der Waals surface area contributed by atoms with Crippen LogP contribution in [0.2, 0.25) is 0 Å². The summed E-state index contributed by atoms with van der Waals surface area (Å²) in [4.78, 5) is 11.6. The molecule has 1 aromatic rings. The molecule has 0 aliphatic rings. The lowest BCUT2D eigenvalue weighted by atomic mass is 10.0. The van der Waals surface area contributed by atoms with E-state index < -0.39 is 12.2 Å². The van der Waals surface area contributed by atoms with Crippen LogP contribution < -0.4 is 5.73 Å². The Hall–Kier alpha value is -0.750. The first-order chi connectivity index (χ1) is 6.57. The first-order valence-electron chi connectivity index (χ1n) is 4.22. The number of hydrogen-bond donors (Lipinski definition) is 3. The Bertz CT molecular complexity index is 324. The highest BCUT2D eigenvalue weighted by Gasteiger charge is 2.22. The van der Waals surface area contributed by atoms with Gasteiger partial charge < -0.3 is 15.9 Å². The van der Waals surface area contributed by atoms with Gasteiger partial charge in [0.25, 0.3) is 0 Å². The number of Topliss-reactive ketones (excluding diaryl/α,β-unsaturated/α-hetero) is 1. The number of aliphatic hydroxyl groups is 2. The van der Waals surface area contributed by atoms with Gasteiger partial charge in [-0.15, -0.1) is 11.3 Å². The zero-order valence-corrected chi connectivity index (χ0v) is 8.62. The third-order valence-corrected chi connectivity index (χ3v) is 2.97. The van der Waals surface area contributed by atoms with Crippen LogP contribution in [0.1, 0.15) is 28.3 Å². The Morgan fingerprint density at radius 2 is 2.29 bits per heavy atom. The van der Waals surface area contributed by atoms with E-state index in [0.29, 0.717) is 10.4 Å². The Kier molecular flexibility index (Phi) is 3.77. The predicted octanol–water partition coefficient (Wildman–Crippen LogP) is 0.304. The van der Waals surface area contributed by atoms with E-state index in [1.807, 2.05) is 0 Å². The fraction of sp³-hybridized carbons (Fsp3) is 0.444. The van der Waals surface area contributed by atoms with Crippen molar-refractivity contribution in [3.8, 4) is 0 Å². The predicted molar refractivity (Wildman–Crippen MR) is 54.3 cm³/mol. The second kappa shape index (κ2) is 4.65. The number of nitrogens with two attached hydrogens (primary N) is 1. The van der Waals surface area contributed by atoms with Crippen molar-refractivity contribution in [3.63, 3.8) is 0 Å². The number of aliphatic hydroxyl groups excluding tert-OH is 2. The highest BCUT2D eigenvalue weighted by Crippen LogP contribution is 2.25. The third kappa shape index (κ3) is 2.19. The fourth-order valence-electron chi connectivity index (χ4n) is 1.17. The molecule has 5 heteroatoms. The highest BCUT2D eigenvalue weighted by atomic mass is 32.1. The molecule has 2 unspecified atom stereocenters. The summed E-state index contributed by atoms with van der Waals surface area (Å²) >= 11 is 1.25. The Morgan fingerprint density at radius 1 is 1.64 bits per heavy atom. The Balaban J connectivity index is 2.94. The van der Waals surface area contributed by atoms with E-state index in [1.54, 1.807) is 11.4 Å². The van der Waals surface area contributed by atoms with Crippen LogP contribution in [0.3, 0.4) is 0 Å². The molecule has 0 radical (unpaired) electrons. The third-order valence-electron chi connectivity index (χ3n) is 1.94. The van der Waals surface area contributed by atoms with Gasteiger partial charge in [-0.2, -0.15) is 0 Å². The SMILES string of the molecule is CC(=O)c1sccc1C(O)C(O)CN. The van der Waals surface area contributed by atoms with Gasteiger partial charge in [-0.05, 0) is 18.4 Å². The van der Waals surface area contributed by atoms with Crippen molar-refractivity contribution in [2.24, 2.45) is 5.73 Å². The molecule has 1 rings (SSSR count). The van der Waals surface area contributed by atoms with E-state index >= 15 is 0 Å². The molecule has 2 atom stereocenters. The fourth-order valence-corrected chi connectivity index (χ4v) is 2.02. The summed E-state index contributed by atoms with van der Waals surface area (Å²) in [5, 5.41) is 20.7. The maximum atomic E-state index is 11.1. The molecule has 0 fully saturated rings. The number of hydrogen-bond acceptors (Lipinski definition) is 5. The number of thiophene rings is 1. The Morgan fingerprint density at radius 3 is 2.79 bits per heavy atom. The lowest BCUT2D eigenvalue weighted by Gasteiger charge is -2.15. The van der Waals surface area contributed by atoms with E-state index in [9.17, 15) is 15.0 Å². The Labute approximate surface area is 86.0 Å². The molecule has 0 spiro atoms. The van der Waals surface area contributed by atoms with Gasteiger partial charge in [0.2, 0.25) is 0 Å². The highest BCUT2D eigenvalue weighted by molar-refractivity contribution is 7.12. The van der Waals surface area contributed by atoms with Crippen LogP contribution in [-0.2, 0) is 0 Å². The van der Waals surface area contributed by atoms with Crippen LogP contribution in [0.25, 0.3) is 0 Å². The van der Waals surface area contributed by atoms with Crippen LogP contribution in [0.5, 0.6) is 0 Å². The summed E-state index contributed by atoms with van der Waals surface area (Å²) in [6.45, 7) is 1.39. The van der Waals surface area contributed by atoms with Crippen LogP contribution in [0, 0.1) is 0 Å². The van der Waals surface area contributed by atoms with Crippen molar-refractivity contribution in [2.45, 2.75) is 19.1 Å². The minimum Gasteiger partial charge on any atom is -0.389 e. The molecule has 4 nitrogen and oxygen atoms in total. The summed E-state index contributed by atoms with van der Waals surface area (Å²) in [6.07, 6.45) is -2.10. The molecule has 4 N–H and O–H groups in total. The summed E-state index contributed by atoms with van der Waals surface area (Å²) < 4.78 is 0. The summed E-state index contributed by atoms with van der Waals surface area (Å²) in [5.74, 6) is -0.113. The van der Waals surface area contributed by atoms with E-state index in [4.69, 9.17) is 5.73 Å². The second-order valence-electron chi connectivity index (χ2n) is 3.01. The van der Waals surface area contributed by atoms with Gasteiger partial charge in [0.15, 0.2) is 5.78 Å². The number of carbonyl (C=O) groups is 1. The molecule has 14 heavy (non-hydrogen) atoms. The van der Waals surface area contributed by atoms with Crippen LogP contribution in [-0.4, -0.2) is 28.6 Å². The molecule has 0 aliphatic heterocycles. The number of rotatable bonds is 4. The van der Waals surface area contributed by atoms with Crippen molar-refractivity contribution < 1.29 is 15.0 Å². The van der Waals surface area contributed by atoms with Gasteiger partial charge >= 0.3 is 0 Å². The topological polar surface area (TPSA) is 83.5 Å². The molecular weight excluding hydrogens is 202 g/mol. The minimum absolute atomic E-state index is 0.0334. The van der Waals surface area contributed by atoms with Crippen molar-refractivity contribution >= 4 is 17.1 Å². The molecule has 1 aromatic heterocycles. The monoisotopic (exact) mass is 215 g/mol. The van der Waals surface area contributed by atoms with Crippen LogP contribution in [0.4, 0.5) is 0 Å². The molecule has 0 amide bonds. The van der Waals surface area contributed by atoms with Gasteiger partial charge in [0.05, 0.1) is 11.0 Å². The van der Waals surface area contributed by atoms with Gasteiger partial charge in [-0.3, -0.25) is 4.79 Å². The molecular formula is C9H13NO3S. The van der Waals surface area contributed by atoms with Gasteiger partial charge in [-0.1, -0.05) is 0 Å². The zero-order valence-electron chi connectivity index (χ0n) is 7.80. The normalized spacial score (nSPS) is 15.1. The molecule has 78 valence electrons. The average molecular weight is 215 g/mol. The van der Waals surface area contributed by atoms with E-state index in [0.717, 1.165) is 0 Å². The smallest absolute Gasteiger partial charge is 0.170 e. The summed E-state index contributed by atoms with van der Waals surface area (Å²) in [6, 6.07) is 1.63. The number of ketones is 1. The molecule has 0 bridgehead atoms. The summed E-state index contributed by atoms with van der Waals surface area (Å²) in [5.41, 5.74) is 5.67. The maximum absolute atomic E-state index is 11.1. The first kappa shape index (κ1) is 11.3. The molecule has 1 heterocycles. The van der Waals surface area contributed by atoms with Crippen molar-refractivity contribution in [3.05, 3.63) is 21.9 Å². The standard InChI is InChI=1S/C9H13NO3S/c1-5(11)9-6(2-3-14-9)8(13)7(12)4-10/h2-3,7-8,12-13H,4,10H2,1H3. The lowest BCUT2D eigenvalue weighted by molar-refractivity contribution is 0.0241. The van der Waals surface area contributed by atoms with Gasteiger partial charge in [0.1, 0.15) is 6.10 Å². The van der Waals surface area contributed by atoms with Crippen molar-refractivity contribution in [1.29, 1.82) is 0 Å². The van der Waals surface area contributed by atoms with Crippen molar-refractivity contribution in [1.82, 2.24) is 0 Å². The van der Waals surface area contributed by atoms with Crippen LogP contribution >= 0.6 is 11.3 Å². The van der Waals surface area contributed by atoms with Crippen LogP contribution in [0.15, 0.2) is 11.4 Å². The molecule has 0 saturated heterocycles.